The number of nitrogens with zero attached hydrogens (tertiary/aromatic N) is 1. The molecule has 0 saturated carbocycles. The molecule has 5 atom stereocenters. The predicted octanol–water partition coefficient (Wildman–Crippen LogP) is 1.42. The lowest BCUT2D eigenvalue weighted by molar-refractivity contribution is -0.757. The van der Waals surface area contributed by atoms with Gasteiger partial charge in [0.1, 0.15) is 36.3 Å². The van der Waals surface area contributed by atoms with Gasteiger partial charge in [-0.3, -0.25) is 0 Å². The van der Waals surface area contributed by atoms with E-state index in [0.717, 1.165) is 11.1 Å². The molecule has 0 unspecified atom stereocenters. The number of halogens is 1. The van der Waals surface area contributed by atoms with Crippen molar-refractivity contribution in [2.24, 2.45) is 0 Å². The molecule has 1 heterocycles. The van der Waals surface area contributed by atoms with E-state index in [1.54, 1.807) is 30.3 Å². The molecule has 2 aromatic rings. The van der Waals surface area contributed by atoms with E-state index in [9.17, 15) is 30.5 Å². The van der Waals surface area contributed by atoms with Crippen molar-refractivity contribution in [2.75, 3.05) is 19.8 Å². The summed E-state index contributed by atoms with van der Waals surface area (Å²) in [5.74, 6) is 0.612. The van der Waals surface area contributed by atoms with Crippen molar-refractivity contribution < 1.29 is 39.8 Å². The Labute approximate surface area is 195 Å². The number of aliphatic hydroxyl groups is 4. The van der Waals surface area contributed by atoms with Crippen LogP contribution in [0.3, 0.4) is 0 Å². The number of hydrogen-bond acceptors (Lipinski definition) is 9. The molecule has 0 amide bonds. The highest BCUT2D eigenvalue weighted by Crippen LogP contribution is 2.34. The molecule has 0 aliphatic carbocycles. The summed E-state index contributed by atoms with van der Waals surface area (Å²) in [6.45, 7) is -0.256. The Morgan fingerprint density at radius 2 is 1.76 bits per heavy atom. The number of aliphatic hydroxyl groups excluding tert-OH is 4. The summed E-state index contributed by atoms with van der Waals surface area (Å²) in [5.41, 5.74) is 2.26. The van der Waals surface area contributed by atoms with Crippen molar-refractivity contribution in [1.29, 1.82) is 0 Å². The van der Waals surface area contributed by atoms with Gasteiger partial charge in [-0.1, -0.05) is 35.9 Å². The molecule has 0 bridgehead atoms. The van der Waals surface area contributed by atoms with Crippen LogP contribution in [0.25, 0.3) is 0 Å². The van der Waals surface area contributed by atoms with E-state index in [2.05, 4.69) is 4.84 Å². The molecule has 180 valence electrons. The average molecular weight is 484 g/mol. The molecule has 1 fully saturated rings. The smallest absolute Gasteiger partial charge is 0.294 e. The maximum atomic E-state index is 10.4. The Kier molecular flexibility index (Phi) is 8.84. The lowest BCUT2D eigenvalue weighted by Crippen LogP contribution is -2.55. The molecule has 1 aliphatic rings. The van der Waals surface area contributed by atoms with E-state index in [-0.39, 0.29) is 13.2 Å². The van der Waals surface area contributed by atoms with Crippen LogP contribution in [0.5, 0.6) is 5.75 Å². The summed E-state index contributed by atoms with van der Waals surface area (Å²) < 4.78 is 11.2. The SMILES string of the molecule is O=[N+]([O-])OCCCOc1ccc(Cc2cc([C@@H]3O[C@H](CO)[C@@H](O)[C@H](O)[C@H]3O)ccc2Cl)cc1. The highest BCUT2D eigenvalue weighted by atomic mass is 35.5. The van der Waals surface area contributed by atoms with Crippen LogP contribution < -0.4 is 4.74 Å². The van der Waals surface area contributed by atoms with Crippen LogP contribution in [-0.4, -0.2) is 69.7 Å². The monoisotopic (exact) mass is 483 g/mol. The summed E-state index contributed by atoms with van der Waals surface area (Å²) in [4.78, 5) is 14.3. The highest BCUT2D eigenvalue weighted by Gasteiger charge is 2.44. The van der Waals surface area contributed by atoms with E-state index in [1.807, 2.05) is 12.1 Å². The van der Waals surface area contributed by atoms with Crippen molar-refractivity contribution in [2.45, 2.75) is 43.4 Å². The minimum absolute atomic E-state index is 0.0334. The fourth-order valence-electron chi connectivity index (χ4n) is 3.60. The van der Waals surface area contributed by atoms with Gasteiger partial charge in [-0.2, -0.15) is 0 Å². The zero-order chi connectivity index (χ0) is 24.0. The molecular formula is C22H26ClNO9. The molecule has 11 heteroatoms. The minimum Gasteiger partial charge on any atom is -0.494 e. The zero-order valence-corrected chi connectivity index (χ0v) is 18.4. The highest BCUT2D eigenvalue weighted by molar-refractivity contribution is 6.31. The lowest BCUT2D eigenvalue weighted by atomic mass is 9.90. The Balaban J connectivity index is 1.65. The topological polar surface area (TPSA) is 152 Å². The Morgan fingerprint density at radius 3 is 2.42 bits per heavy atom. The fourth-order valence-corrected chi connectivity index (χ4v) is 3.78. The minimum atomic E-state index is -1.46. The van der Waals surface area contributed by atoms with Crippen LogP contribution >= 0.6 is 11.6 Å². The molecule has 0 spiro atoms. The van der Waals surface area contributed by atoms with Crippen LogP contribution in [0.15, 0.2) is 42.5 Å². The van der Waals surface area contributed by atoms with Crippen molar-refractivity contribution in [3.63, 3.8) is 0 Å². The maximum absolute atomic E-state index is 10.4. The van der Waals surface area contributed by atoms with Gasteiger partial charge in [0.25, 0.3) is 5.09 Å². The Morgan fingerprint density at radius 1 is 1.03 bits per heavy atom. The van der Waals surface area contributed by atoms with Gasteiger partial charge in [0.2, 0.25) is 0 Å². The van der Waals surface area contributed by atoms with Crippen LogP contribution in [0.1, 0.15) is 29.2 Å². The molecule has 0 radical (unpaired) electrons. The van der Waals surface area contributed by atoms with Gasteiger partial charge in [0.05, 0.1) is 19.8 Å². The van der Waals surface area contributed by atoms with Gasteiger partial charge in [-0.15, -0.1) is 10.1 Å². The molecule has 4 N–H and O–H groups in total. The summed E-state index contributed by atoms with van der Waals surface area (Å²) in [6.07, 6.45) is -5.33. The number of hydrogen-bond donors (Lipinski definition) is 4. The third kappa shape index (κ3) is 6.53. The Hall–Kier alpha value is -2.47. The second kappa shape index (κ2) is 11.6. The number of ether oxygens (including phenoxy) is 2. The fraction of sp³-hybridized carbons (Fsp3) is 0.455. The number of rotatable bonds is 10. The van der Waals surface area contributed by atoms with Crippen LogP contribution in [0.4, 0.5) is 0 Å². The first-order chi connectivity index (χ1) is 15.8. The zero-order valence-electron chi connectivity index (χ0n) is 17.6. The van der Waals surface area contributed by atoms with E-state index in [4.69, 9.17) is 21.1 Å². The first kappa shape index (κ1) is 25.2. The largest absolute Gasteiger partial charge is 0.494 e. The van der Waals surface area contributed by atoms with Gasteiger partial charge < -0.3 is 34.7 Å². The van der Waals surface area contributed by atoms with Crippen LogP contribution in [0.2, 0.25) is 5.02 Å². The molecule has 0 aromatic heterocycles. The molecule has 3 rings (SSSR count). The second-order valence-corrected chi connectivity index (χ2v) is 8.09. The van der Waals surface area contributed by atoms with Gasteiger partial charge in [-0.25, -0.2) is 0 Å². The number of benzene rings is 2. The first-order valence-electron chi connectivity index (χ1n) is 10.4. The Bertz CT molecular complexity index is 925. The normalized spacial score (nSPS) is 24.9. The van der Waals surface area contributed by atoms with Gasteiger partial charge in [0.15, 0.2) is 0 Å². The third-order valence-electron chi connectivity index (χ3n) is 5.36. The van der Waals surface area contributed by atoms with Gasteiger partial charge >= 0.3 is 0 Å². The standard InChI is InChI=1S/C22H26ClNO9/c23-17-7-4-14(22-21(28)20(27)19(26)18(12-25)33-22)11-15(17)10-13-2-5-16(6-3-13)31-8-1-9-32-24(29)30/h2-7,11,18-22,25-28H,1,8-10,12H2/t18-,19-,20+,21-,22+/m1/s1. The molecule has 1 aliphatic heterocycles. The molecule has 1 saturated heterocycles. The second-order valence-electron chi connectivity index (χ2n) is 7.68. The first-order valence-corrected chi connectivity index (χ1v) is 10.8. The van der Waals surface area contributed by atoms with Crippen LogP contribution in [0, 0.1) is 10.1 Å². The lowest BCUT2D eigenvalue weighted by Gasteiger charge is -2.40. The summed E-state index contributed by atoms with van der Waals surface area (Å²) in [7, 11) is 0. The third-order valence-corrected chi connectivity index (χ3v) is 5.73. The molecule has 33 heavy (non-hydrogen) atoms. The average Bonchev–Trinajstić information content (AvgIpc) is 2.80. The van der Waals surface area contributed by atoms with Crippen molar-refractivity contribution in [1.82, 2.24) is 0 Å². The van der Waals surface area contributed by atoms with E-state index in [0.29, 0.717) is 29.2 Å². The van der Waals surface area contributed by atoms with E-state index < -0.39 is 42.2 Å². The van der Waals surface area contributed by atoms with Gasteiger partial charge in [-0.05, 0) is 41.3 Å². The maximum Gasteiger partial charge on any atom is 0.294 e. The van der Waals surface area contributed by atoms with Gasteiger partial charge in [0, 0.05) is 11.4 Å². The molecule has 10 nitrogen and oxygen atoms in total. The van der Waals surface area contributed by atoms with Crippen LogP contribution in [-0.2, 0) is 16.0 Å². The molecule has 2 aromatic carbocycles. The quantitative estimate of drug-likeness (QED) is 0.223. The van der Waals surface area contributed by atoms with Crippen molar-refractivity contribution in [3.05, 3.63) is 74.3 Å². The predicted molar refractivity (Wildman–Crippen MR) is 116 cm³/mol. The van der Waals surface area contributed by atoms with E-state index >= 15 is 0 Å². The molecular weight excluding hydrogens is 458 g/mol. The van der Waals surface area contributed by atoms with Crippen molar-refractivity contribution in [3.8, 4) is 5.75 Å². The van der Waals surface area contributed by atoms with E-state index in [1.165, 1.54) is 0 Å². The summed E-state index contributed by atoms with van der Waals surface area (Å²) in [6, 6.07) is 12.4. The van der Waals surface area contributed by atoms with Crippen molar-refractivity contribution >= 4 is 11.6 Å². The summed E-state index contributed by atoms with van der Waals surface area (Å²) in [5, 5.41) is 49.6. The summed E-state index contributed by atoms with van der Waals surface area (Å²) >= 11 is 6.36.